The number of imidazole rings is 1. The van der Waals surface area contributed by atoms with Gasteiger partial charge in [0.1, 0.15) is 17.2 Å². The number of para-hydroxylation sites is 2. The molecule has 1 unspecified atom stereocenters. The Balaban J connectivity index is 1.53. The van der Waals surface area contributed by atoms with Gasteiger partial charge in [0.15, 0.2) is 0 Å². The Morgan fingerprint density at radius 3 is 2.79 bits per heavy atom. The zero-order valence-corrected chi connectivity index (χ0v) is 20.7. The number of ether oxygens (including phenoxy) is 1. The minimum atomic E-state index is -0.391. The molecular formula is C26H29N3O4S. The number of aryl methyl sites for hydroxylation is 3. The monoisotopic (exact) mass is 479 g/mol. The first kappa shape index (κ1) is 23.9. The van der Waals surface area contributed by atoms with Crippen molar-refractivity contribution in [3.05, 3.63) is 69.8 Å². The van der Waals surface area contributed by atoms with Gasteiger partial charge in [-0.3, -0.25) is 4.79 Å². The maximum atomic E-state index is 13.0. The van der Waals surface area contributed by atoms with Crippen molar-refractivity contribution in [1.29, 1.82) is 0 Å². The Bertz CT molecular complexity index is 1390. The van der Waals surface area contributed by atoms with Crippen LogP contribution in [-0.4, -0.2) is 34.6 Å². The average molecular weight is 480 g/mol. The number of thioether (sulfide) groups is 1. The van der Waals surface area contributed by atoms with E-state index < -0.39 is 5.63 Å². The number of methoxy groups -OCH3 is 1. The van der Waals surface area contributed by atoms with Gasteiger partial charge in [0.2, 0.25) is 5.91 Å². The molecule has 0 radical (unpaired) electrons. The summed E-state index contributed by atoms with van der Waals surface area (Å²) >= 11 is 1.75. The molecule has 0 aliphatic heterocycles. The molecule has 4 rings (SSSR count). The predicted molar refractivity (Wildman–Crippen MR) is 137 cm³/mol. The van der Waals surface area contributed by atoms with Crippen molar-refractivity contribution in [2.75, 3.05) is 19.1 Å². The van der Waals surface area contributed by atoms with Gasteiger partial charge in [-0.1, -0.05) is 12.1 Å². The van der Waals surface area contributed by atoms with Gasteiger partial charge in [0.05, 0.1) is 24.2 Å². The van der Waals surface area contributed by atoms with Gasteiger partial charge in [-0.2, -0.15) is 11.8 Å². The normalized spacial score (nSPS) is 12.2. The van der Waals surface area contributed by atoms with Crippen LogP contribution in [0.15, 0.2) is 51.7 Å². The van der Waals surface area contributed by atoms with Gasteiger partial charge < -0.3 is 19.0 Å². The lowest BCUT2D eigenvalue weighted by Crippen LogP contribution is -2.31. The van der Waals surface area contributed by atoms with Crippen LogP contribution in [0.1, 0.15) is 35.8 Å². The van der Waals surface area contributed by atoms with Crippen LogP contribution in [0.2, 0.25) is 0 Å². The molecule has 8 heteroatoms. The van der Waals surface area contributed by atoms with Crippen molar-refractivity contribution in [3.8, 4) is 5.75 Å². The van der Waals surface area contributed by atoms with Gasteiger partial charge in [-0.05, 0) is 61.1 Å². The lowest BCUT2D eigenvalue weighted by Gasteiger charge is -2.19. The van der Waals surface area contributed by atoms with E-state index in [0.29, 0.717) is 24.2 Å². The SMILES string of the molecule is COc1cc2oc(=O)cc(C)c2cc1CCC(=O)NC(CCSC)c1nc2ccccc2n1C. The number of nitrogens with zero attached hydrogens (tertiary/aromatic N) is 2. The molecule has 1 amide bonds. The second-order valence-corrected chi connectivity index (χ2v) is 9.31. The largest absolute Gasteiger partial charge is 0.496 e. The number of amides is 1. The van der Waals surface area contributed by atoms with E-state index in [-0.39, 0.29) is 11.9 Å². The number of nitrogens with one attached hydrogen (secondary N) is 1. The third-order valence-corrected chi connectivity index (χ3v) is 6.70. The molecule has 0 spiro atoms. The highest BCUT2D eigenvalue weighted by Crippen LogP contribution is 2.28. The van der Waals surface area contributed by atoms with E-state index in [0.717, 1.165) is 45.5 Å². The highest BCUT2D eigenvalue weighted by atomic mass is 32.2. The molecule has 1 atom stereocenters. The van der Waals surface area contributed by atoms with Gasteiger partial charge in [0.25, 0.3) is 0 Å². The summed E-state index contributed by atoms with van der Waals surface area (Å²) in [5.41, 5.74) is 3.78. The van der Waals surface area contributed by atoms with E-state index in [4.69, 9.17) is 14.1 Å². The van der Waals surface area contributed by atoms with Gasteiger partial charge in [-0.25, -0.2) is 9.78 Å². The summed E-state index contributed by atoms with van der Waals surface area (Å²) in [6.45, 7) is 1.87. The molecule has 2 aromatic heterocycles. The Labute approximate surface area is 202 Å². The molecule has 4 aromatic rings. The molecule has 2 heterocycles. The number of fused-ring (bicyclic) bond motifs is 2. The third kappa shape index (κ3) is 4.97. The maximum Gasteiger partial charge on any atom is 0.336 e. The molecule has 0 saturated heterocycles. The molecule has 0 aliphatic rings. The summed E-state index contributed by atoms with van der Waals surface area (Å²) < 4.78 is 12.9. The molecule has 0 bridgehead atoms. The molecule has 178 valence electrons. The van der Waals surface area contributed by atoms with E-state index in [1.165, 1.54) is 6.07 Å². The number of aromatic nitrogens is 2. The second kappa shape index (κ2) is 10.3. The fraction of sp³-hybridized carbons (Fsp3) is 0.346. The van der Waals surface area contributed by atoms with Gasteiger partial charge in [-0.15, -0.1) is 0 Å². The molecular weight excluding hydrogens is 450 g/mol. The zero-order valence-electron chi connectivity index (χ0n) is 19.9. The molecule has 0 aliphatic carbocycles. The zero-order chi connectivity index (χ0) is 24.2. The lowest BCUT2D eigenvalue weighted by atomic mass is 10.0. The summed E-state index contributed by atoms with van der Waals surface area (Å²) in [5.74, 6) is 2.33. The molecule has 2 aromatic carbocycles. The van der Waals surface area contributed by atoms with Crippen LogP contribution in [0.5, 0.6) is 5.75 Å². The van der Waals surface area contributed by atoms with Crippen molar-refractivity contribution < 1.29 is 13.9 Å². The molecule has 34 heavy (non-hydrogen) atoms. The summed E-state index contributed by atoms with van der Waals surface area (Å²) in [7, 11) is 3.56. The topological polar surface area (TPSA) is 86.4 Å². The van der Waals surface area contributed by atoms with Gasteiger partial charge in [0, 0.05) is 31.0 Å². The number of carbonyl (C=O) groups is 1. The Morgan fingerprint density at radius 1 is 1.26 bits per heavy atom. The van der Waals surface area contributed by atoms with Crippen molar-refractivity contribution in [2.24, 2.45) is 7.05 Å². The number of benzene rings is 2. The maximum absolute atomic E-state index is 13.0. The van der Waals surface area contributed by atoms with Crippen LogP contribution in [0.3, 0.4) is 0 Å². The minimum Gasteiger partial charge on any atom is -0.496 e. The summed E-state index contributed by atoms with van der Waals surface area (Å²) in [4.78, 5) is 29.5. The van der Waals surface area contributed by atoms with Crippen molar-refractivity contribution in [1.82, 2.24) is 14.9 Å². The van der Waals surface area contributed by atoms with E-state index in [1.54, 1.807) is 24.9 Å². The van der Waals surface area contributed by atoms with Crippen LogP contribution >= 0.6 is 11.8 Å². The number of carbonyl (C=O) groups excluding carboxylic acids is 1. The highest BCUT2D eigenvalue weighted by Gasteiger charge is 2.21. The second-order valence-electron chi connectivity index (χ2n) is 8.33. The summed E-state index contributed by atoms with van der Waals surface area (Å²) in [6, 6.07) is 12.9. The Hall–Kier alpha value is -3.26. The average Bonchev–Trinajstić information content (AvgIpc) is 3.16. The molecule has 7 nitrogen and oxygen atoms in total. The first-order valence-corrected chi connectivity index (χ1v) is 12.6. The predicted octanol–water partition coefficient (Wildman–Crippen LogP) is 4.54. The van der Waals surface area contributed by atoms with Crippen LogP contribution in [0.4, 0.5) is 0 Å². The van der Waals surface area contributed by atoms with Crippen LogP contribution in [-0.2, 0) is 18.3 Å². The Morgan fingerprint density at radius 2 is 2.06 bits per heavy atom. The van der Waals surface area contributed by atoms with Crippen molar-refractivity contribution in [3.63, 3.8) is 0 Å². The van der Waals surface area contributed by atoms with E-state index >= 15 is 0 Å². The van der Waals surface area contributed by atoms with E-state index in [9.17, 15) is 9.59 Å². The lowest BCUT2D eigenvalue weighted by molar-refractivity contribution is -0.121. The fourth-order valence-electron chi connectivity index (χ4n) is 4.27. The number of hydrogen-bond acceptors (Lipinski definition) is 6. The minimum absolute atomic E-state index is 0.0448. The van der Waals surface area contributed by atoms with Crippen molar-refractivity contribution >= 4 is 39.7 Å². The van der Waals surface area contributed by atoms with Crippen LogP contribution in [0.25, 0.3) is 22.0 Å². The third-order valence-electron chi connectivity index (χ3n) is 6.05. The van der Waals surface area contributed by atoms with E-state index in [1.807, 2.05) is 44.3 Å². The standard InChI is InChI=1S/C26H29N3O4S/c1-16-13-25(31)33-23-15-22(32-3)17(14-18(16)23)9-10-24(30)27-20(11-12-34-4)26-28-19-7-5-6-8-21(19)29(26)2/h5-8,13-15,20H,9-12H2,1-4H3,(H,27,30). The fourth-order valence-corrected chi connectivity index (χ4v) is 4.74. The Kier molecular flexibility index (Phi) is 7.26. The van der Waals surface area contributed by atoms with Crippen LogP contribution < -0.4 is 15.7 Å². The first-order chi connectivity index (χ1) is 16.4. The van der Waals surface area contributed by atoms with E-state index in [2.05, 4.69) is 16.1 Å². The van der Waals surface area contributed by atoms with Crippen LogP contribution in [0, 0.1) is 6.92 Å². The van der Waals surface area contributed by atoms with Crippen molar-refractivity contribution in [2.45, 2.75) is 32.2 Å². The highest BCUT2D eigenvalue weighted by molar-refractivity contribution is 7.98. The molecule has 1 N–H and O–H groups in total. The summed E-state index contributed by atoms with van der Waals surface area (Å²) in [6.07, 6.45) is 3.66. The smallest absolute Gasteiger partial charge is 0.336 e. The number of rotatable bonds is 9. The molecule has 0 fully saturated rings. The molecule has 0 saturated carbocycles. The quantitative estimate of drug-likeness (QED) is 0.355. The first-order valence-electron chi connectivity index (χ1n) is 11.2. The summed E-state index contributed by atoms with van der Waals surface area (Å²) in [5, 5.41) is 4.04. The van der Waals surface area contributed by atoms with Gasteiger partial charge >= 0.3 is 5.63 Å². The number of hydrogen-bond donors (Lipinski definition) is 1.